The Labute approximate surface area is 187 Å². The molecule has 2 aromatic carbocycles. The average Bonchev–Trinajstić information content (AvgIpc) is 3.46. The number of rotatable bonds is 4. The number of nitrogens with one attached hydrogen (secondary N) is 1. The van der Waals surface area contributed by atoms with Crippen LogP contribution in [0.2, 0.25) is 0 Å². The van der Waals surface area contributed by atoms with Gasteiger partial charge in [0.05, 0.1) is 0 Å². The molecule has 1 saturated heterocycles. The Morgan fingerprint density at radius 2 is 1.84 bits per heavy atom. The number of halogens is 1. The average molecular weight is 450 g/mol. The van der Waals surface area contributed by atoms with E-state index in [0.717, 1.165) is 11.0 Å². The Morgan fingerprint density at radius 3 is 2.59 bits per heavy atom. The van der Waals surface area contributed by atoms with E-state index >= 15 is 0 Å². The summed E-state index contributed by atoms with van der Waals surface area (Å²) in [5.74, 6) is -0.132. The summed E-state index contributed by atoms with van der Waals surface area (Å²) in [6, 6.07) is 15.2. The van der Waals surface area contributed by atoms with Gasteiger partial charge >= 0.3 is 0 Å². The van der Waals surface area contributed by atoms with Gasteiger partial charge in [-0.1, -0.05) is 18.2 Å². The molecule has 0 radical (unpaired) electrons. The van der Waals surface area contributed by atoms with Crippen LogP contribution in [0.4, 0.5) is 9.52 Å². The van der Waals surface area contributed by atoms with Gasteiger partial charge < -0.3 is 14.6 Å². The Balaban J connectivity index is 1.18. The maximum absolute atomic E-state index is 13.1. The van der Waals surface area contributed by atoms with E-state index in [1.165, 1.54) is 35.6 Å². The third-order valence-corrected chi connectivity index (χ3v) is 6.41. The highest BCUT2D eigenvalue weighted by Crippen LogP contribution is 2.30. The predicted octanol–water partition coefficient (Wildman–Crippen LogP) is 5.19. The highest BCUT2D eigenvalue weighted by Gasteiger charge is 2.28. The van der Waals surface area contributed by atoms with Crippen molar-refractivity contribution in [2.24, 2.45) is 5.92 Å². The highest BCUT2D eigenvalue weighted by molar-refractivity contribution is 7.14. The first-order chi connectivity index (χ1) is 15.6. The maximum Gasteiger partial charge on any atom is 0.253 e. The summed E-state index contributed by atoms with van der Waals surface area (Å²) < 4.78 is 18.9. The molecule has 8 heteroatoms. The van der Waals surface area contributed by atoms with Gasteiger partial charge in [-0.05, 0) is 49.2 Å². The summed E-state index contributed by atoms with van der Waals surface area (Å²) in [5.41, 5.74) is 1.93. The number of benzene rings is 2. The van der Waals surface area contributed by atoms with Crippen molar-refractivity contribution in [3.8, 4) is 11.5 Å². The Kier molecular flexibility index (Phi) is 5.45. The topological polar surface area (TPSA) is 75.4 Å². The molecule has 1 aliphatic heterocycles. The second-order valence-electron chi connectivity index (χ2n) is 7.75. The normalized spacial score (nSPS) is 14.6. The lowest BCUT2D eigenvalue weighted by molar-refractivity contribution is -0.121. The van der Waals surface area contributed by atoms with E-state index in [4.69, 9.17) is 4.42 Å². The molecule has 6 nitrogen and oxygen atoms in total. The summed E-state index contributed by atoms with van der Waals surface area (Å²) in [5, 5.41) is 6.28. The molecule has 0 atom stereocenters. The molecule has 5 rings (SSSR count). The minimum atomic E-state index is -0.373. The van der Waals surface area contributed by atoms with Gasteiger partial charge in [0.15, 0.2) is 10.9 Å². The predicted molar refractivity (Wildman–Crippen MR) is 121 cm³/mol. The van der Waals surface area contributed by atoms with Crippen LogP contribution in [0.5, 0.6) is 0 Å². The lowest BCUT2D eigenvalue weighted by atomic mass is 9.95. The van der Waals surface area contributed by atoms with Crippen molar-refractivity contribution < 1.29 is 18.4 Å². The maximum atomic E-state index is 13.1. The quantitative estimate of drug-likeness (QED) is 0.465. The number of nitrogens with zero attached hydrogens (tertiary/aromatic N) is 2. The van der Waals surface area contributed by atoms with E-state index in [1.54, 1.807) is 4.90 Å². The molecule has 1 N–H and O–H groups in total. The van der Waals surface area contributed by atoms with Crippen LogP contribution < -0.4 is 5.32 Å². The molecule has 1 aliphatic rings. The minimum Gasteiger partial charge on any atom is -0.454 e. The van der Waals surface area contributed by atoms with Gasteiger partial charge in [0, 0.05) is 35.3 Å². The van der Waals surface area contributed by atoms with Crippen molar-refractivity contribution in [2.45, 2.75) is 12.8 Å². The molecular weight excluding hydrogens is 429 g/mol. The molecule has 0 saturated carbocycles. The fourth-order valence-electron chi connectivity index (χ4n) is 3.88. The van der Waals surface area contributed by atoms with Crippen molar-refractivity contribution in [1.82, 2.24) is 9.88 Å². The molecule has 32 heavy (non-hydrogen) atoms. The van der Waals surface area contributed by atoms with Crippen LogP contribution in [-0.4, -0.2) is 34.8 Å². The second kappa shape index (κ2) is 8.55. The van der Waals surface area contributed by atoms with Crippen molar-refractivity contribution in [3.63, 3.8) is 0 Å². The number of anilines is 1. The first-order valence-corrected chi connectivity index (χ1v) is 11.2. The summed E-state index contributed by atoms with van der Waals surface area (Å²) in [4.78, 5) is 31.5. The van der Waals surface area contributed by atoms with Crippen LogP contribution in [0.15, 0.2) is 64.4 Å². The number of hydrogen-bond donors (Lipinski definition) is 1. The molecule has 1 fully saturated rings. The molecule has 0 spiro atoms. The molecule has 0 bridgehead atoms. The van der Waals surface area contributed by atoms with Crippen LogP contribution in [-0.2, 0) is 4.79 Å². The first kappa shape index (κ1) is 20.4. The Morgan fingerprint density at radius 1 is 1.09 bits per heavy atom. The van der Waals surface area contributed by atoms with E-state index in [9.17, 15) is 14.0 Å². The summed E-state index contributed by atoms with van der Waals surface area (Å²) >= 11 is 1.35. The van der Waals surface area contributed by atoms with Gasteiger partial charge in [-0.2, -0.15) is 0 Å². The third-order valence-electron chi connectivity index (χ3n) is 5.66. The number of amides is 2. The standard InChI is InChI=1S/C24H20FN3O3S/c25-18-7-5-16(6-8-18)23(30)28-11-9-15(10-12-28)22(29)27-24-26-19(14-32-24)21-13-17-3-1-2-4-20(17)31-21/h1-8,13-15H,9-12H2,(H,26,27,29). The fourth-order valence-corrected chi connectivity index (χ4v) is 4.58. The molecule has 3 heterocycles. The second-order valence-corrected chi connectivity index (χ2v) is 8.61. The van der Waals surface area contributed by atoms with E-state index in [1.807, 2.05) is 35.7 Å². The van der Waals surface area contributed by atoms with Crippen LogP contribution in [0.1, 0.15) is 23.2 Å². The number of furan rings is 1. The van der Waals surface area contributed by atoms with Crippen molar-refractivity contribution in [2.75, 3.05) is 18.4 Å². The molecule has 4 aromatic rings. The van der Waals surface area contributed by atoms with Crippen molar-refractivity contribution in [1.29, 1.82) is 0 Å². The number of aromatic nitrogens is 1. The zero-order chi connectivity index (χ0) is 22.1. The fraction of sp³-hybridized carbons (Fsp3) is 0.208. The number of fused-ring (bicyclic) bond motifs is 1. The van der Waals surface area contributed by atoms with Gasteiger partial charge in [0.1, 0.15) is 17.1 Å². The molecule has 162 valence electrons. The number of hydrogen-bond acceptors (Lipinski definition) is 5. The van der Waals surface area contributed by atoms with Gasteiger partial charge in [0.25, 0.3) is 5.91 Å². The first-order valence-electron chi connectivity index (χ1n) is 10.4. The molecular formula is C24H20FN3O3S. The molecule has 0 unspecified atom stereocenters. The monoisotopic (exact) mass is 449 g/mol. The van der Waals surface area contributed by atoms with Crippen molar-refractivity contribution in [3.05, 3.63) is 71.4 Å². The molecule has 2 aromatic heterocycles. The number of likely N-dealkylation sites (tertiary alicyclic amines) is 1. The van der Waals surface area contributed by atoms with Crippen LogP contribution in [0, 0.1) is 11.7 Å². The molecule has 0 aliphatic carbocycles. The number of carbonyl (C=O) groups excluding carboxylic acids is 2. The minimum absolute atomic E-state index is 0.0932. The summed E-state index contributed by atoms with van der Waals surface area (Å²) in [6.07, 6.45) is 1.14. The van der Waals surface area contributed by atoms with E-state index in [0.29, 0.717) is 48.1 Å². The number of carbonyl (C=O) groups is 2. The van der Waals surface area contributed by atoms with Gasteiger partial charge in [-0.15, -0.1) is 11.3 Å². The van der Waals surface area contributed by atoms with Crippen LogP contribution >= 0.6 is 11.3 Å². The van der Waals surface area contributed by atoms with E-state index in [-0.39, 0.29) is 23.5 Å². The SMILES string of the molecule is O=C(Nc1nc(-c2cc3ccccc3o2)cs1)C1CCN(C(=O)c2ccc(F)cc2)CC1. The van der Waals surface area contributed by atoms with Gasteiger partial charge in [-0.3, -0.25) is 9.59 Å². The summed E-state index contributed by atoms with van der Waals surface area (Å²) in [7, 11) is 0. The molecule has 2 amide bonds. The Bertz CT molecular complexity index is 1240. The van der Waals surface area contributed by atoms with Gasteiger partial charge in [-0.25, -0.2) is 9.37 Å². The highest BCUT2D eigenvalue weighted by atomic mass is 32.1. The van der Waals surface area contributed by atoms with E-state index < -0.39 is 0 Å². The third kappa shape index (κ3) is 4.13. The summed E-state index contributed by atoms with van der Waals surface area (Å²) in [6.45, 7) is 0.965. The largest absolute Gasteiger partial charge is 0.454 e. The lowest BCUT2D eigenvalue weighted by Crippen LogP contribution is -2.41. The number of para-hydroxylation sites is 1. The Hall–Kier alpha value is -3.52. The van der Waals surface area contributed by atoms with Gasteiger partial charge in [0.2, 0.25) is 5.91 Å². The zero-order valence-corrected chi connectivity index (χ0v) is 17.9. The van der Waals surface area contributed by atoms with Crippen LogP contribution in [0.3, 0.4) is 0 Å². The number of piperidine rings is 1. The zero-order valence-electron chi connectivity index (χ0n) is 17.1. The van der Waals surface area contributed by atoms with Crippen LogP contribution in [0.25, 0.3) is 22.4 Å². The smallest absolute Gasteiger partial charge is 0.253 e. The van der Waals surface area contributed by atoms with E-state index in [2.05, 4.69) is 10.3 Å². The number of thiazole rings is 1. The lowest BCUT2D eigenvalue weighted by Gasteiger charge is -2.31. The van der Waals surface area contributed by atoms with Crippen molar-refractivity contribution >= 4 is 39.3 Å².